The van der Waals surface area contributed by atoms with Crippen LogP contribution in [0.25, 0.3) is 0 Å². The molecule has 0 amide bonds. The van der Waals surface area contributed by atoms with Crippen LogP contribution in [0.3, 0.4) is 0 Å². The highest BCUT2D eigenvalue weighted by atomic mass is 127. The number of nitrogens with one attached hydrogen (secondary N) is 2. The summed E-state index contributed by atoms with van der Waals surface area (Å²) in [5.41, 5.74) is 0. The van der Waals surface area contributed by atoms with Gasteiger partial charge in [0.05, 0.1) is 32.5 Å². The molecule has 0 bridgehead atoms. The number of guanidine groups is 1. The molecule has 1 aromatic heterocycles. The van der Waals surface area contributed by atoms with Gasteiger partial charge in [-0.25, -0.2) is 0 Å². The fourth-order valence-electron chi connectivity index (χ4n) is 4.00. The number of morpholine rings is 2. The first kappa shape index (κ1) is 26.8. The van der Waals surface area contributed by atoms with Crippen LogP contribution in [0.1, 0.15) is 29.6 Å². The highest BCUT2D eigenvalue weighted by molar-refractivity contribution is 14.0. The second-order valence-corrected chi connectivity index (χ2v) is 9.55. The minimum atomic E-state index is 0. The van der Waals surface area contributed by atoms with E-state index >= 15 is 0 Å². The van der Waals surface area contributed by atoms with Crippen molar-refractivity contribution in [3.63, 3.8) is 0 Å². The van der Waals surface area contributed by atoms with Gasteiger partial charge in [-0.15, -0.1) is 35.3 Å². The summed E-state index contributed by atoms with van der Waals surface area (Å²) < 4.78 is 11.0. The van der Waals surface area contributed by atoms with Crippen LogP contribution < -0.4 is 10.6 Å². The fraction of sp³-hybridized carbons (Fsp3) is 0.773. The number of thiophene rings is 1. The third kappa shape index (κ3) is 9.13. The predicted octanol–water partition coefficient (Wildman–Crippen LogP) is 2.57. The molecule has 7 nitrogen and oxygen atoms in total. The molecule has 3 heterocycles. The number of hydrogen-bond donors (Lipinski definition) is 2. The number of nitrogens with zero attached hydrogens (tertiary/aromatic N) is 3. The van der Waals surface area contributed by atoms with E-state index in [-0.39, 0.29) is 24.0 Å². The average Bonchev–Trinajstić information content (AvgIpc) is 3.19. The topological polar surface area (TPSA) is 61.4 Å². The van der Waals surface area contributed by atoms with E-state index < -0.39 is 0 Å². The third-order valence-electron chi connectivity index (χ3n) is 5.62. The lowest BCUT2D eigenvalue weighted by Crippen LogP contribution is -2.46. The standard InChI is InChI=1S/C22H39N5O2S.HI/c1-4-23-22(24-15-18(2)17-26-7-11-28-12-8-26)25-16-20(21-6-5-19(3)30-21)27-9-13-29-14-10-27;/h5-6,18,20H,4,7-17H2,1-3H3,(H2,23,24,25);1H. The first-order chi connectivity index (χ1) is 14.7. The van der Waals surface area contributed by atoms with Crippen molar-refractivity contribution >= 4 is 41.3 Å². The van der Waals surface area contributed by atoms with Gasteiger partial charge in [-0.05, 0) is 31.9 Å². The summed E-state index contributed by atoms with van der Waals surface area (Å²) in [6.07, 6.45) is 0. The summed E-state index contributed by atoms with van der Waals surface area (Å²) in [6.45, 7) is 17.6. The molecule has 3 rings (SSSR count). The fourth-order valence-corrected chi connectivity index (χ4v) is 5.01. The van der Waals surface area contributed by atoms with Gasteiger partial charge in [0.2, 0.25) is 0 Å². The van der Waals surface area contributed by atoms with Crippen LogP contribution in [-0.2, 0) is 9.47 Å². The third-order valence-corrected chi connectivity index (χ3v) is 6.72. The van der Waals surface area contributed by atoms with E-state index in [4.69, 9.17) is 14.5 Å². The van der Waals surface area contributed by atoms with Gasteiger partial charge in [-0.1, -0.05) is 6.92 Å². The van der Waals surface area contributed by atoms with Crippen LogP contribution in [0.15, 0.2) is 17.1 Å². The van der Waals surface area contributed by atoms with Crippen molar-refractivity contribution in [3.8, 4) is 0 Å². The number of halogens is 1. The molecule has 178 valence electrons. The minimum absolute atomic E-state index is 0. The van der Waals surface area contributed by atoms with Gasteiger partial charge in [0.1, 0.15) is 0 Å². The molecule has 9 heteroatoms. The molecule has 0 saturated carbocycles. The van der Waals surface area contributed by atoms with E-state index in [1.807, 2.05) is 11.3 Å². The van der Waals surface area contributed by atoms with Crippen LogP contribution in [-0.4, -0.2) is 94.5 Å². The van der Waals surface area contributed by atoms with E-state index in [1.165, 1.54) is 9.75 Å². The summed E-state index contributed by atoms with van der Waals surface area (Å²) in [6, 6.07) is 4.85. The maximum atomic E-state index is 5.58. The number of hydrogen-bond acceptors (Lipinski definition) is 6. The summed E-state index contributed by atoms with van der Waals surface area (Å²) >= 11 is 1.89. The molecule has 2 unspecified atom stereocenters. The molecule has 0 radical (unpaired) electrons. The van der Waals surface area contributed by atoms with Crippen molar-refractivity contribution in [1.82, 2.24) is 20.4 Å². The molecule has 0 aromatic carbocycles. The molecule has 31 heavy (non-hydrogen) atoms. The largest absolute Gasteiger partial charge is 0.379 e. The van der Waals surface area contributed by atoms with Crippen molar-refractivity contribution in [2.75, 3.05) is 78.8 Å². The Hall–Kier alpha value is -0.460. The van der Waals surface area contributed by atoms with Gasteiger partial charge in [0.25, 0.3) is 0 Å². The maximum Gasteiger partial charge on any atom is 0.191 e. The Morgan fingerprint density at radius 3 is 2.39 bits per heavy atom. The van der Waals surface area contributed by atoms with Crippen molar-refractivity contribution in [1.29, 1.82) is 0 Å². The smallest absolute Gasteiger partial charge is 0.191 e. The Morgan fingerprint density at radius 1 is 1.10 bits per heavy atom. The van der Waals surface area contributed by atoms with Gasteiger partial charge < -0.3 is 20.1 Å². The summed E-state index contributed by atoms with van der Waals surface area (Å²) in [5, 5.41) is 7.04. The second-order valence-electron chi connectivity index (χ2n) is 8.23. The lowest BCUT2D eigenvalue weighted by atomic mass is 10.1. The van der Waals surface area contributed by atoms with Crippen molar-refractivity contribution < 1.29 is 9.47 Å². The lowest BCUT2D eigenvalue weighted by Gasteiger charge is -2.34. The first-order valence-corrected chi connectivity index (χ1v) is 12.2. The molecule has 2 saturated heterocycles. The molecular weight excluding hydrogens is 525 g/mol. The maximum absolute atomic E-state index is 5.58. The Kier molecular flexibility index (Phi) is 12.7. The average molecular weight is 566 g/mol. The quantitative estimate of drug-likeness (QED) is 0.273. The molecule has 2 aliphatic heterocycles. The van der Waals surface area contributed by atoms with E-state index in [0.29, 0.717) is 12.0 Å². The van der Waals surface area contributed by atoms with Crippen LogP contribution in [0.4, 0.5) is 0 Å². The zero-order chi connectivity index (χ0) is 21.2. The zero-order valence-corrected chi connectivity index (χ0v) is 22.4. The van der Waals surface area contributed by atoms with Gasteiger partial charge in [0, 0.05) is 62.1 Å². The highest BCUT2D eigenvalue weighted by Gasteiger charge is 2.24. The monoisotopic (exact) mass is 565 g/mol. The van der Waals surface area contributed by atoms with Crippen LogP contribution in [0, 0.1) is 12.8 Å². The highest BCUT2D eigenvalue weighted by Crippen LogP contribution is 2.27. The molecule has 0 spiro atoms. The van der Waals surface area contributed by atoms with Gasteiger partial charge in [-0.3, -0.25) is 14.8 Å². The predicted molar refractivity (Wildman–Crippen MR) is 140 cm³/mol. The summed E-state index contributed by atoms with van der Waals surface area (Å²) in [7, 11) is 0. The molecule has 1 aromatic rings. The van der Waals surface area contributed by atoms with E-state index in [2.05, 4.69) is 53.3 Å². The van der Waals surface area contributed by atoms with Crippen LogP contribution in [0.5, 0.6) is 0 Å². The number of aryl methyl sites for hydroxylation is 1. The van der Waals surface area contributed by atoms with E-state index in [9.17, 15) is 0 Å². The summed E-state index contributed by atoms with van der Waals surface area (Å²) in [5.74, 6) is 1.44. The van der Waals surface area contributed by atoms with Crippen molar-refractivity contribution in [2.24, 2.45) is 10.9 Å². The summed E-state index contributed by atoms with van der Waals surface area (Å²) in [4.78, 5) is 12.7. The molecule has 2 atom stereocenters. The van der Waals surface area contributed by atoms with Gasteiger partial charge in [-0.2, -0.15) is 0 Å². The number of ether oxygens (including phenoxy) is 2. The first-order valence-electron chi connectivity index (χ1n) is 11.4. The number of rotatable bonds is 9. The molecule has 0 aliphatic carbocycles. The van der Waals surface area contributed by atoms with E-state index in [1.54, 1.807) is 0 Å². The molecular formula is C22H40IN5O2S. The van der Waals surface area contributed by atoms with E-state index in [0.717, 1.165) is 84.7 Å². The normalized spacial score (nSPS) is 20.7. The van der Waals surface area contributed by atoms with Crippen molar-refractivity contribution in [3.05, 3.63) is 21.9 Å². The second kappa shape index (κ2) is 14.6. The molecule has 2 N–H and O–H groups in total. The number of aliphatic imine (C=N–C) groups is 1. The molecule has 2 fully saturated rings. The van der Waals surface area contributed by atoms with Crippen molar-refractivity contribution in [2.45, 2.75) is 26.8 Å². The Labute approximate surface area is 209 Å². The molecule has 2 aliphatic rings. The lowest BCUT2D eigenvalue weighted by molar-refractivity contribution is 0.0177. The van der Waals surface area contributed by atoms with Gasteiger partial charge in [0.15, 0.2) is 5.96 Å². The Balaban J connectivity index is 0.00000341. The van der Waals surface area contributed by atoms with Crippen LogP contribution >= 0.6 is 35.3 Å². The Morgan fingerprint density at radius 2 is 1.77 bits per heavy atom. The Bertz CT molecular complexity index is 648. The SMILES string of the molecule is CCNC(=NCC(C)CN1CCOCC1)NCC(c1ccc(C)s1)N1CCOCC1.I. The minimum Gasteiger partial charge on any atom is -0.379 e. The zero-order valence-electron chi connectivity index (χ0n) is 19.3. The van der Waals surface area contributed by atoms with Gasteiger partial charge >= 0.3 is 0 Å². The van der Waals surface area contributed by atoms with Crippen LogP contribution in [0.2, 0.25) is 0 Å².